The van der Waals surface area contributed by atoms with E-state index >= 15 is 0 Å². The lowest BCUT2D eigenvalue weighted by Crippen LogP contribution is -1.90. The molecule has 0 aromatic rings. The number of aliphatic hydroxyl groups is 1. The molecule has 0 bridgehead atoms. The van der Waals surface area contributed by atoms with Crippen molar-refractivity contribution in [3.63, 3.8) is 0 Å². The van der Waals surface area contributed by atoms with Gasteiger partial charge in [0.1, 0.15) is 0 Å². The lowest BCUT2D eigenvalue weighted by Gasteiger charge is -1.92. The highest BCUT2D eigenvalue weighted by Crippen LogP contribution is 1.72. The summed E-state index contributed by atoms with van der Waals surface area (Å²) in [5, 5.41) is 7.57. The molecule has 0 radical (unpaired) electrons. The molecule has 0 aromatic heterocycles. The van der Waals surface area contributed by atoms with Gasteiger partial charge < -0.3 is 5.11 Å². The Morgan fingerprint density at radius 2 is 1.22 bits per heavy atom. The minimum atomic E-state index is 0.250. The average molecular weight is 136 g/mol. The van der Waals surface area contributed by atoms with Gasteiger partial charge >= 0.3 is 0 Å². The van der Waals surface area contributed by atoms with Gasteiger partial charge in [-0.25, -0.2) is 9.78 Å². The molecule has 0 rings (SSSR count). The average Bonchev–Trinajstić information content (AvgIpc) is 1.86. The second-order valence-electron chi connectivity index (χ2n) is 1.13. The standard InChI is InChI=1S/C4H10O2.C2H6O/c1-3-5-6-4-2;1-2-3/h3-4H2,1-2H3;3H,2H2,1H3. The van der Waals surface area contributed by atoms with Crippen molar-refractivity contribution >= 4 is 0 Å². The molecule has 0 aliphatic heterocycles. The van der Waals surface area contributed by atoms with Crippen LogP contribution < -0.4 is 0 Å². The van der Waals surface area contributed by atoms with Gasteiger partial charge in [0.05, 0.1) is 13.2 Å². The fraction of sp³-hybridized carbons (Fsp3) is 1.00. The summed E-state index contributed by atoms with van der Waals surface area (Å²) >= 11 is 0. The van der Waals surface area contributed by atoms with Gasteiger partial charge in [-0.2, -0.15) is 0 Å². The second-order valence-corrected chi connectivity index (χ2v) is 1.13. The number of rotatable bonds is 3. The zero-order valence-electron chi connectivity index (χ0n) is 6.39. The summed E-state index contributed by atoms with van der Waals surface area (Å²) in [6.45, 7) is 6.97. The first-order valence-corrected chi connectivity index (χ1v) is 3.18. The molecule has 0 fully saturated rings. The van der Waals surface area contributed by atoms with Gasteiger partial charge in [0.15, 0.2) is 0 Å². The van der Waals surface area contributed by atoms with E-state index in [-0.39, 0.29) is 6.61 Å². The highest BCUT2D eigenvalue weighted by atomic mass is 17.2. The molecule has 0 aromatic carbocycles. The first-order chi connectivity index (χ1) is 4.33. The molecule has 3 heteroatoms. The Labute approximate surface area is 56.5 Å². The van der Waals surface area contributed by atoms with Gasteiger partial charge in [0, 0.05) is 6.61 Å². The Morgan fingerprint density at radius 1 is 1.00 bits per heavy atom. The SMILES string of the molecule is CCO.CCOOCC. The van der Waals surface area contributed by atoms with E-state index in [1.54, 1.807) is 6.92 Å². The first-order valence-electron chi connectivity index (χ1n) is 3.18. The van der Waals surface area contributed by atoms with E-state index in [1.807, 2.05) is 13.8 Å². The van der Waals surface area contributed by atoms with E-state index in [9.17, 15) is 0 Å². The largest absolute Gasteiger partial charge is 0.397 e. The lowest BCUT2D eigenvalue weighted by molar-refractivity contribution is -0.287. The summed E-state index contributed by atoms with van der Waals surface area (Å²) in [4.78, 5) is 8.97. The molecule has 0 unspecified atom stereocenters. The smallest absolute Gasteiger partial charge is 0.0794 e. The maximum atomic E-state index is 7.57. The van der Waals surface area contributed by atoms with E-state index in [0.717, 1.165) is 0 Å². The number of aliphatic hydroxyl groups excluding tert-OH is 1. The van der Waals surface area contributed by atoms with Crippen LogP contribution in [0.5, 0.6) is 0 Å². The molecule has 9 heavy (non-hydrogen) atoms. The third kappa shape index (κ3) is 32.8. The fourth-order valence-corrected chi connectivity index (χ4v) is 0.167. The van der Waals surface area contributed by atoms with Crippen LogP contribution in [0.1, 0.15) is 20.8 Å². The Hall–Kier alpha value is -0.120. The first kappa shape index (κ1) is 11.6. The monoisotopic (exact) mass is 136 g/mol. The van der Waals surface area contributed by atoms with E-state index in [4.69, 9.17) is 5.11 Å². The molecule has 0 heterocycles. The normalized spacial score (nSPS) is 8.00. The van der Waals surface area contributed by atoms with Crippen molar-refractivity contribution in [3.05, 3.63) is 0 Å². The zero-order valence-corrected chi connectivity index (χ0v) is 6.39. The van der Waals surface area contributed by atoms with E-state index in [0.29, 0.717) is 13.2 Å². The van der Waals surface area contributed by atoms with Crippen LogP contribution in [0, 0.1) is 0 Å². The Kier molecular flexibility index (Phi) is 20.3. The third-order valence-electron chi connectivity index (χ3n) is 0.319. The fourth-order valence-electron chi connectivity index (χ4n) is 0.167. The molecule has 0 amide bonds. The van der Waals surface area contributed by atoms with Crippen molar-refractivity contribution in [1.29, 1.82) is 0 Å². The van der Waals surface area contributed by atoms with Crippen molar-refractivity contribution in [3.8, 4) is 0 Å². The van der Waals surface area contributed by atoms with Crippen molar-refractivity contribution < 1.29 is 14.9 Å². The van der Waals surface area contributed by atoms with Gasteiger partial charge in [-0.1, -0.05) is 0 Å². The summed E-state index contributed by atoms with van der Waals surface area (Å²) in [6.07, 6.45) is 0. The molecule has 0 aliphatic carbocycles. The Balaban J connectivity index is 0. The van der Waals surface area contributed by atoms with Crippen molar-refractivity contribution in [2.45, 2.75) is 20.8 Å². The molecule has 58 valence electrons. The van der Waals surface area contributed by atoms with Crippen LogP contribution in [0.15, 0.2) is 0 Å². The number of hydrogen-bond donors (Lipinski definition) is 1. The van der Waals surface area contributed by atoms with Gasteiger partial charge in [0.25, 0.3) is 0 Å². The minimum Gasteiger partial charge on any atom is -0.397 e. The van der Waals surface area contributed by atoms with Gasteiger partial charge in [-0.15, -0.1) is 0 Å². The highest BCUT2D eigenvalue weighted by Gasteiger charge is 1.71. The maximum absolute atomic E-state index is 7.57. The van der Waals surface area contributed by atoms with Crippen molar-refractivity contribution in [2.24, 2.45) is 0 Å². The van der Waals surface area contributed by atoms with Crippen molar-refractivity contribution in [2.75, 3.05) is 19.8 Å². The van der Waals surface area contributed by atoms with E-state index < -0.39 is 0 Å². The van der Waals surface area contributed by atoms with Crippen LogP contribution in [0.25, 0.3) is 0 Å². The second kappa shape index (κ2) is 15.7. The molecule has 0 aliphatic rings. The lowest BCUT2D eigenvalue weighted by atomic mass is 10.9. The predicted molar refractivity (Wildman–Crippen MR) is 36.0 cm³/mol. The quantitative estimate of drug-likeness (QED) is 0.357. The molecule has 0 saturated carbocycles. The molecule has 1 N–H and O–H groups in total. The van der Waals surface area contributed by atoms with Crippen LogP contribution in [0.3, 0.4) is 0 Å². The Bertz CT molecular complexity index is 27.5. The van der Waals surface area contributed by atoms with Crippen molar-refractivity contribution in [1.82, 2.24) is 0 Å². The van der Waals surface area contributed by atoms with E-state index in [2.05, 4.69) is 9.78 Å². The summed E-state index contributed by atoms with van der Waals surface area (Å²) in [5.74, 6) is 0. The predicted octanol–water partition coefficient (Wildman–Crippen LogP) is 0.973. The van der Waals surface area contributed by atoms with Crippen LogP contribution in [0.2, 0.25) is 0 Å². The molecular formula is C6H16O3. The zero-order chi connectivity index (χ0) is 7.54. The summed E-state index contributed by atoms with van der Waals surface area (Å²) < 4.78 is 0. The summed E-state index contributed by atoms with van der Waals surface area (Å²) in [7, 11) is 0. The van der Waals surface area contributed by atoms with Crippen LogP contribution >= 0.6 is 0 Å². The van der Waals surface area contributed by atoms with Gasteiger partial charge in [-0.05, 0) is 20.8 Å². The summed E-state index contributed by atoms with van der Waals surface area (Å²) in [6, 6.07) is 0. The van der Waals surface area contributed by atoms with Crippen LogP contribution in [-0.4, -0.2) is 24.9 Å². The van der Waals surface area contributed by atoms with Gasteiger partial charge in [0.2, 0.25) is 0 Å². The molecular weight excluding hydrogens is 120 g/mol. The van der Waals surface area contributed by atoms with Crippen LogP contribution in [-0.2, 0) is 9.78 Å². The topological polar surface area (TPSA) is 38.7 Å². The van der Waals surface area contributed by atoms with Gasteiger partial charge in [-0.3, -0.25) is 0 Å². The minimum absolute atomic E-state index is 0.250. The van der Waals surface area contributed by atoms with Crippen LogP contribution in [0.4, 0.5) is 0 Å². The highest BCUT2D eigenvalue weighted by molar-refractivity contribution is 3.97. The molecule has 0 spiro atoms. The number of hydrogen-bond acceptors (Lipinski definition) is 3. The Morgan fingerprint density at radius 3 is 1.33 bits per heavy atom. The maximum Gasteiger partial charge on any atom is 0.0794 e. The molecule has 0 atom stereocenters. The third-order valence-corrected chi connectivity index (χ3v) is 0.319. The summed E-state index contributed by atoms with van der Waals surface area (Å²) in [5.41, 5.74) is 0. The molecule has 0 saturated heterocycles. The molecule has 3 nitrogen and oxygen atoms in total. The van der Waals surface area contributed by atoms with E-state index in [1.165, 1.54) is 0 Å².